The van der Waals surface area contributed by atoms with Crippen molar-refractivity contribution in [2.45, 2.75) is 6.92 Å². The monoisotopic (exact) mass is 483 g/mol. The molecule has 4 rings (SSSR count). The van der Waals surface area contributed by atoms with Crippen LogP contribution in [0.15, 0.2) is 64.9 Å². The average molecular weight is 484 g/mol. The number of aliphatic imine (C=N–C) groups is 1. The van der Waals surface area contributed by atoms with Crippen molar-refractivity contribution < 1.29 is 23.9 Å². The van der Waals surface area contributed by atoms with Gasteiger partial charge in [-0.05, 0) is 29.8 Å². The molecule has 2 heterocycles. The van der Waals surface area contributed by atoms with E-state index in [0.717, 1.165) is 11.1 Å². The van der Waals surface area contributed by atoms with E-state index in [0.29, 0.717) is 10.6 Å². The van der Waals surface area contributed by atoms with Crippen LogP contribution in [0.25, 0.3) is 6.08 Å². The number of para-hydroxylation sites is 1. The number of guanidine groups is 1. The summed E-state index contributed by atoms with van der Waals surface area (Å²) in [5.41, 5.74) is 0.342. The molecule has 1 saturated heterocycles. The Bertz CT molecular complexity index is 1330. The quantitative estimate of drug-likeness (QED) is 0.279. The van der Waals surface area contributed by atoms with Crippen LogP contribution in [0.2, 0.25) is 10.0 Å². The molecule has 2 aliphatic heterocycles. The Morgan fingerprint density at radius 2 is 1.79 bits per heavy atom. The second kappa shape index (κ2) is 8.65. The second-order valence-corrected chi connectivity index (χ2v) is 7.88. The molecule has 10 heteroatoms. The summed E-state index contributed by atoms with van der Waals surface area (Å²) in [5, 5.41) is 0.530. The van der Waals surface area contributed by atoms with Gasteiger partial charge in [0.2, 0.25) is 17.6 Å². The Hall–Kier alpha value is -3.75. The van der Waals surface area contributed by atoms with Gasteiger partial charge in [-0.3, -0.25) is 19.3 Å². The highest BCUT2D eigenvalue weighted by Crippen LogP contribution is 2.32. The van der Waals surface area contributed by atoms with Crippen LogP contribution in [0.5, 0.6) is 5.75 Å². The fraction of sp³-hybridized carbons (Fsp3) is 0.0870. The van der Waals surface area contributed by atoms with Gasteiger partial charge in [0.15, 0.2) is 0 Å². The highest BCUT2D eigenvalue weighted by Gasteiger charge is 2.39. The first-order valence-electron chi connectivity index (χ1n) is 9.59. The number of hydrogen-bond donors (Lipinski definition) is 0. The van der Waals surface area contributed by atoms with Gasteiger partial charge in [0, 0.05) is 20.2 Å². The highest BCUT2D eigenvalue weighted by molar-refractivity contribution is 6.43. The Labute approximate surface area is 198 Å². The predicted molar refractivity (Wildman–Crippen MR) is 122 cm³/mol. The third-order valence-electron chi connectivity index (χ3n) is 4.90. The molecule has 2 aromatic rings. The average Bonchev–Trinajstić information content (AvgIpc) is 2.98. The van der Waals surface area contributed by atoms with Crippen molar-refractivity contribution in [1.82, 2.24) is 9.80 Å². The molecular formula is C23H15Cl2N3O5. The van der Waals surface area contributed by atoms with Gasteiger partial charge in [0.05, 0.1) is 15.6 Å². The van der Waals surface area contributed by atoms with Crippen molar-refractivity contribution >= 4 is 58.8 Å². The molecule has 2 aliphatic rings. The molecule has 2 aromatic carbocycles. The maximum Gasteiger partial charge on any atom is 0.349 e. The van der Waals surface area contributed by atoms with Crippen molar-refractivity contribution in [3.8, 4) is 5.75 Å². The minimum absolute atomic E-state index is 0.0908. The normalized spacial score (nSPS) is 19.5. The molecule has 1 fully saturated rings. The number of halogens is 2. The number of likely N-dealkylation sites (N-methyl/N-ethyl adjacent to an activating group) is 1. The van der Waals surface area contributed by atoms with Crippen molar-refractivity contribution in [3.05, 3.63) is 81.1 Å². The molecule has 2 amide bonds. The number of hydrogen-bond acceptors (Lipinski definition) is 5. The molecule has 0 aromatic heterocycles. The number of rotatable bonds is 2. The van der Waals surface area contributed by atoms with Gasteiger partial charge < -0.3 is 9.64 Å². The van der Waals surface area contributed by atoms with Gasteiger partial charge >= 0.3 is 5.97 Å². The first kappa shape index (κ1) is 22.4. The number of fused-ring (bicyclic) bond motifs is 1. The molecule has 0 atom stereocenters. The number of nitrogens with zero attached hydrogens (tertiary/aromatic N) is 3. The van der Waals surface area contributed by atoms with Gasteiger partial charge in [-0.2, -0.15) is 4.99 Å². The van der Waals surface area contributed by atoms with Crippen LogP contribution < -0.4 is 4.74 Å². The Morgan fingerprint density at radius 3 is 2.52 bits per heavy atom. The van der Waals surface area contributed by atoms with E-state index in [1.54, 1.807) is 30.3 Å². The van der Waals surface area contributed by atoms with Gasteiger partial charge in [0.25, 0.3) is 5.91 Å². The third-order valence-corrected chi connectivity index (χ3v) is 5.74. The van der Waals surface area contributed by atoms with Crippen LogP contribution in [0.4, 0.5) is 0 Å². The zero-order valence-corrected chi connectivity index (χ0v) is 18.8. The topological polar surface area (TPSA) is 96.4 Å². The van der Waals surface area contributed by atoms with Crippen molar-refractivity contribution in [2.75, 3.05) is 7.05 Å². The summed E-state index contributed by atoms with van der Waals surface area (Å²) in [4.78, 5) is 56.6. The van der Waals surface area contributed by atoms with E-state index in [2.05, 4.69) is 4.99 Å². The molecule has 0 bridgehead atoms. The van der Waals surface area contributed by atoms with E-state index in [1.807, 2.05) is 0 Å². The number of amides is 2. The number of ether oxygens (including phenoxy) is 1. The zero-order chi connectivity index (χ0) is 23.9. The van der Waals surface area contributed by atoms with E-state index in [9.17, 15) is 19.2 Å². The fourth-order valence-electron chi connectivity index (χ4n) is 3.33. The SMILES string of the molecule is CC(=O)N=C1N(C)C(=Cc2cccc(Cl)c2Cl)C(=O)N1C=C1C(=O)Oc2ccccc2C1=O. The number of esters is 1. The number of ketones is 1. The predicted octanol–water partition coefficient (Wildman–Crippen LogP) is 3.70. The summed E-state index contributed by atoms with van der Waals surface area (Å²) >= 11 is 12.3. The molecule has 33 heavy (non-hydrogen) atoms. The number of Topliss-reactive ketones (excluding diaryl/α,β-unsaturated/α-hetero) is 1. The Kier molecular flexibility index (Phi) is 5.88. The van der Waals surface area contributed by atoms with Crippen molar-refractivity contribution in [3.63, 3.8) is 0 Å². The number of carbonyl (C=O) groups excluding carboxylic acids is 4. The molecular weight excluding hydrogens is 469 g/mol. The van der Waals surface area contributed by atoms with Gasteiger partial charge in [-0.1, -0.05) is 47.5 Å². The minimum Gasteiger partial charge on any atom is -0.422 e. The van der Waals surface area contributed by atoms with Crippen LogP contribution in [-0.4, -0.2) is 46.4 Å². The molecule has 8 nitrogen and oxygen atoms in total. The summed E-state index contributed by atoms with van der Waals surface area (Å²) in [5.74, 6) is -2.73. The Balaban J connectivity index is 1.82. The fourth-order valence-corrected chi connectivity index (χ4v) is 3.69. The van der Waals surface area contributed by atoms with E-state index in [1.165, 1.54) is 37.1 Å². The minimum atomic E-state index is -0.924. The lowest BCUT2D eigenvalue weighted by Gasteiger charge is -2.19. The maximum absolute atomic E-state index is 13.3. The third kappa shape index (κ3) is 4.06. The number of carbonyl (C=O) groups is 4. The van der Waals surface area contributed by atoms with Crippen LogP contribution >= 0.6 is 23.2 Å². The molecule has 0 radical (unpaired) electrons. The highest BCUT2D eigenvalue weighted by atomic mass is 35.5. The van der Waals surface area contributed by atoms with Gasteiger partial charge in [0.1, 0.15) is 17.0 Å². The van der Waals surface area contributed by atoms with Crippen LogP contribution in [0, 0.1) is 0 Å². The summed E-state index contributed by atoms with van der Waals surface area (Å²) in [6.07, 6.45) is 2.50. The largest absolute Gasteiger partial charge is 0.422 e. The van der Waals surface area contributed by atoms with E-state index in [-0.39, 0.29) is 33.6 Å². The molecule has 166 valence electrons. The maximum atomic E-state index is 13.3. The van der Waals surface area contributed by atoms with E-state index < -0.39 is 23.6 Å². The first-order chi connectivity index (χ1) is 15.7. The van der Waals surface area contributed by atoms with Crippen LogP contribution in [0.3, 0.4) is 0 Å². The lowest BCUT2D eigenvalue weighted by molar-refractivity contribution is -0.130. The number of benzene rings is 2. The smallest absolute Gasteiger partial charge is 0.349 e. The lowest BCUT2D eigenvalue weighted by Crippen LogP contribution is -2.33. The molecule has 0 unspecified atom stereocenters. The molecule has 0 N–H and O–H groups in total. The van der Waals surface area contributed by atoms with E-state index >= 15 is 0 Å². The summed E-state index contributed by atoms with van der Waals surface area (Å²) in [6, 6.07) is 11.2. The van der Waals surface area contributed by atoms with E-state index in [4.69, 9.17) is 27.9 Å². The van der Waals surface area contributed by atoms with Gasteiger partial charge in [-0.25, -0.2) is 4.79 Å². The summed E-state index contributed by atoms with van der Waals surface area (Å²) in [7, 11) is 1.51. The van der Waals surface area contributed by atoms with Crippen molar-refractivity contribution in [1.29, 1.82) is 0 Å². The standard InChI is InChI=1S/C23H15Cl2N3O5/c1-12(29)26-23-27(2)17(10-13-6-5-8-16(24)19(13)25)21(31)28(23)11-15-20(30)14-7-3-4-9-18(14)33-22(15)32/h3-11H,1-2H3. The van der Waals surface area contributed by atoms with Crippen LogP contribution in [-0.2, 0) is 14.4 Å². The first-order valence-corrected chi connectivity index (χ1v) is 10.3. The molecule has 0 aliphatic carbocycles. The zero-order valence-electron chi connectivity index (χ0n) is 17.3. The van der Waals surface area contributed by atoms with Gasteiger partial charge in [-0.15, -0.1) is 0 Å². The molecule has 0 saturated carbocycles. The molecule has 0 spiro atoms. The van der Waals surface area contributed by atoms with Crippen LogP contribution in [0.1, 0.15) is 22.8 Å². The second-order valence-electron chi connectivity index (χ2n) is 7.10. The summed E-state index contributed by atoms with van der Waals surface area (Å²) < 4.78 is 5.22. The summed E-state index contributed by atoms with van der Waals surface area (Å²) in [6.45, 7) is 1.21. The lowest BCUT2D eigenvalue weighted by atomic mass is 10.0. The Morgan fingerprint density at radius 1 is 1.06 bits per heavy atom. The van der Waals surface area contributed by atoms with Crippen molar-refractivity contribution in [2.24, 2.45) is 4.99 Å².